The molecule has 4 aliphatic rings. The van der Waals surface area contributed by atoms with Crippen LogP contribution < -0.4 is 10.6 Å². The van der Waals surface area contributed by atoms with Crippen LogP contribution in [0.5, 0.6) is 0 Å². The number of nitrogens with one attached hydrogen (secondary N) is 2. The quantitative estimate of drug-likeness (QED) is 0.596. The second-order valence-corrected chi connectivity index (χ2v) is 11.9. The first-order valence-electron chi connectivity index (χ1n) is 12.7. The molecule has 8 heteroatoms. The minimum atomic E-state index is -0.460. The van der Waals surface area contributed by atoms with Gasteiger partial charge in [0, 0.05) is 23.3 Å². The largest absolute Gasteiger partial charge is 0.461 e. The van der Waals surface area contributed by atoms with E-state index in [0.29, 0.717) is 41.8 Å². The van der Waals surface area contributed by atoms with E-state index in [2.05, 4.69) is 35.5 Å². The summed E-state index contributed by atoms with van der Waals surface area (Å²) in [5.74, 6) is 1.79. The summed E-state index contributed by atoms with van der Waals surface area (Å²) >= 11 is 1.26. The number of hydrogen-bond donors (Lipinski definition) is 2. The van der Waals surface area contributed by atoms with Gasteiger partial charge < -0.3 is 15.4 Å². The fraction of sp³-hybridized carbons (Fsp3) is 0.692. The van der Waals surface area contributed by atoms with Crippen molar-refractivity contribution < 1.29 is 19.1 Å². The Morgan fingerprint density at radius 3 is 2.82 bits per heavy atom. The maximum atomic E-state index is 12.9. The van der Waals surface area contributed by atoms with Gasteiger partial charge in [0.15, 0.2) is 10.8 Å². The molecular formula is C26H35N3O4S. The van der Waals surface area contributed by atoms with Gasteiger partial charge in [0.2, 0.25) is 11.8 Å². The first kappa shape index (κ1) is 23.5. The van der Waals surface area contributed by atoms with E-state index in [1.807, 2.05) is 0 Å². The molecule has 184 valence electrons. The number of hydrogen-bond acceptors (Lipinski definition) is 6. The Balaban J connectivity index is 1.25. The number of fused-ring (bicyclic) bond motifs is 5. The molecule has 0 bridgehead atoms. The Hall–Kier alpha value is -2.22. The number of thiazole rings is 1. The van der Waals surface area contributed by atoms with Crippen LogP contribution in [-0.4, -0.2) is 35.4 Å². The van der Waals surface area contributed by atoms with Gasteiger partial charge in [-0.1, -0.05) is 19.9 Å². The summed E-state index contributed by atoms with van der Waals surface area (Å²) in [5.41, 5.74) is 0.447. The normalized spacial score (nSPS) is 38.3. The zero-order chi connectivity index (χ0) is 24.1. The van der Waals surface area contributed by atoms with Crippen LogP contribution in [0.1, 0.15) is 76.2 Å². The van der Waals surface area contributed by atoms with E-state index < -0.39 is 5.97 Å². The van der Waals surface area contributed by atoms with Crippen molar-refractivity contribution in [1.82, 2.24) is 10.3 Å². The van der Waals surface area contributed by atoms with E-state index in [9.17, 15) is 14.4 Å². The molecule has 0 radical (unpaired) electrons. The number of ether oxygens (including phenoxy) is 1. The highest BCUT2D eigenvalue weighted by Gasteiger charge is 2.59. The van der Waals surface area contributed by atoms with Gasteiger partial charge in [0.05, 0.1) is 6.61 Å². The van der Waals surface area contributed by atoms with E-state index in [1.165, 1.54) is 17.8 Å². The minimum absolute atomic E-state index is 0.0210. The molecule has 1 aromatic rings. The topological polar surface area (TPSA) is 97.4 Å². The molecule has 5 rings (SSSR count). The van der Waals surface area contributed by atoms with Gasteiger partial charge in [0.1, 0.15) is 0 Å². The van der Waals surface area contributed by atoms with Crippen LogP contribution in [-0.2, 0) is 14.3 Å². The monoisotopic (exact) mass is 485 g/mol. The van der Waals surface area contributed by atoms with Gasteiger partial charge in [-0.3, -0.25) is 9.59 Å². The van der Waals surface area contributed by atoms with E-state index in [0.717, 1.165) is 32.1 Å². The van der Waals surface area contributed by atoms with Crippen molar-refractivity contribution in [2.24, 2.45) is 34.5 Å². The average molecular weight is 486 g/mol. The smallest absolute Gasteiger partial charge is 0.357 e. The molecule has 1 aromatic heterocycles. The standard InChI is InChI=1S/C26H35N3O4S/c1-4-33-23(32)19-14-34-24(27-19)29-22(31)13-15-5-7-17-16-6-8-20-26(3,12-10-21(30)28-20)18(16)9-11-25(15,17)2/h10,12,14-18,20H,4-9,11,13H2,1-3H3,(H,28,30)(H,27,29,31)/t15-,16+,17+,18+,20-,25-,26-/m1/s1. The summed E-state index contributed by atoms with van der Waals surface area (Å²) in [7, 11) is 0. The van der Waals surface area contributed by atoms with E-state index >= 15 is 0 Å². The van der Waals surface area contributed by atoms with Crippen LogP contribution in [0.2, 0.25) is 0 Å². The molecule has 7 nitrogen and oxygen atoms in total. The predicted octanol–water partition coefficient (Wildman–Crippen LogP) is 4.56. The number of carbonyl (C=O) groups is 3. The van der Waals surface area contributed by atoms with Crippen LogP contribution in [0.25, 0.3) is 0 Å². The SMILES string of the molecule is CCOC(=O)c1csc(NC(=O)C[C@H]2CC[C@H]3[C@@H]4CC[C@H]5NC(=O)C=C[C@]5(C)[C@H]4CC[C@]23C)n1. The molecule has 3 fully saturated rings. The lowest BCUT2D eigenvalue weighted by Gasteiger charge is -2.59. The van der Waals surface area contributed by atoms with Crippen molar-refractivity contribution in [3.05, 3.63) is 23.2 Å². The lowest BCUT2D eigenvalue weighted by Crippen LogP contribution is -2.59. The molecule has 0 saturated heterocycles. The number of amides is 2. The van der Waals surface area contributed by atoms with Crippen LogP contribution in [0.15, 0.2) is 17.5 Å². The second kappa shape index (κ2) is 8.77. The number of carbonyl (C=O) groups excluding carboxylic acids is 3. The molecule has 0 unspecified atom stereocenters. The first-order valence-corrected chi connectivity index (χ1v) is 13.5. The zero-order valence-electron chi connectivity index (χ0n) is 20.3. The van der Waals surface area contributed by atoms with E-state index in [4.69, 9.17) is 4.74 Å². The number of esters is 1. The molecule has 2 heterocycles. The molecule has 34 heavy (non-hydrogen) atoms. The summed E-state index contributed by atoms with van der Waals surface area (Å²) in [4.78, 5) is 40.9. The molecule has 2 N–H and O–H groups in total. The Bertz CT molecular complexity index is 1020. The summed E-state index contributed by atoms with van der Waals surface area (Å²) in [6.07, 6.45) is 11.2. The number of nitrogens with zero attached hydrogens (tertiary/aromatic N) is 1. The third-order valence-corrected chi connectivity index (χ3v) is 10.3. The second-order valence-electron chi connectivity index (χ2n) is 11.0. The van der Waals surface area contributed by atoms with Gasteiger partial charge in [-0.2, -0.15) is 0 Å². The van der Waals surface area contributed by atoms with Crippen LogP contribution in [0, 0.1) is 34.5 Å². The number of rotatable bonds is 5. The highest BCUT2D eigenvalue weighted by Crippen LogP contribution is 2.65. The summed E-state index contributed by atoms with van der Waals surface area (Å²) in [6, 6.07) is 0.247. The molecule has 2 amide bonds. The summed E-state index contributed by atoms with van der Waals surface area (Å²) < 4.78 is 4.98. The molecule has 7 atom stereocenters. The molecular weight excluding hydrogens is 450 g/mol. The van der Waals surface area contributed by atoms with Gasteiger partial charge in [0.25, 0.3) is 0 Å². The van der Waals surface area contributed by atoms with E-state index in [1.54, 1.807) is 18.4 Å². The third-order valence-electron chi connectivity index (χ3n) is 9.55. The zero-order valence-corrected chi connectivity index (χ0v) is 21.1. The van der Waals surface area contributed by atoms with Crippen molar-refractivity contribution in [3.63, 3.8) is 0 Å². The maximum absolute atomic E-state index is 12.9. The Labute approximate surface area is 205 Å². The van der Waals surface area contributed by atoms with Gasteiger partial charge in [-0.15, -0.1) is 11.3 Å². The van der Waals surface area contributed by atoms with Crippen molar-refractivity contribution in [3.8, 4) is 0 Å². The van der Waals surface area contributed by atoms with Crippen LogP contribution in [0.3, 0.4) is 0 Å². The van der Waals surface area contributed by atoms with Crippen LogP contribution >= 0.6 is 11.3 Å². The fourth-order valence-corrected chi connectivity index (χ4v) is 8.50. The van der Waals surface area contributed by atoms with Gasteiger partial charge in [-0.05, 0) is 80.6 Å². The Morgan fingerprint density at radius 1 is 1.21 bits per heavy atom. The van der Waals surface area contributed by atoms with Crippen molar-refractivity contribution >= 4 is 34.3 Å². The fourth-order valence-electron chi connectivity index (χ4n) is 7.80. The average Bonchev–Trinajstić information content (AvgIpc) is 3.39. The van der Waals surface area contributed by atoms with E-state index in [-0.39, 0.29) is 34.4 Å². The van der Waals surface area contributed by atoms with Gasteiger partial charge in [-0.25, -0.2) is 9.78 Å². The lowest BCUT2D eigenvalue weighted by atomic mass is 9.48. The first-order chi connectivity index (χ1) is 16.2. The van der Waals surface area contributed by atoms with Crippen molar-refractivity contribution in [2.75, 3.05) is 11.9 Å². The van der Waals surface area contributed by atoms with Crippen LogP contribution in [0.4, 0.5) is 5.13 Å². The Kier molecular flexibility index (Phi) is 6.07. The van der Waals surface area contributed by atoms with Crippen molar-refractivity contribution in [1.29, 1.82) is 0 Å². The van der Waals surface area contributed by atoms with Gasteiger partial charge >= 0.3 is 5.97 Å². The maximum Gasteiger partial charge on any atom is 0.357 e. The molecule has 0 spiro atoms. The highest BCUT2D eigenvalue weighted by atomic mass is 32.1. The summed E-state index contributed by atoms with van der Waals surface area (Å²) in [5, 5.41) is 8.21. The molecule has 1 aliphatic heterocycles. The summed E-state index contributed by atoms with van der Waals surface area (Å²) in [6.45, 7) is 6.80. The Morgan fingerprint density at radius 2 is 2.03 bits per heavy atom. The predicted molar refractivity (Wildman–Crippen MR) is 130 cm³/mol. The third kappa shape index (κ3) is 3.88. The molecule has 0 aromatic carbocycles. The highest BCUT2D eigenvalue weighted by molar-refractivity contribution is 7.14. The number of anilines is 1. The lowest BCUT2D eigenvalue weighted by molar-refractivity contribution is -0.123. The van der Waals surface area contributed by atoms with Crippen molar-refractivity contribution in [2.45, 2.75) is 71.8 Å². The number of aromatic nitrogens is 1. The minimum Gasteiger partial charge on any atom is -0.461 e. The molecule has 3 aliphatic carbocycles. The molecule has 3 saturated carbocycles.